The highest BCUT2D eigenvalue weighted by Crippen LogP contribution is 2.18. The van der Waals surface area contributed by atoms with Crippen LogP contribution in [0.1, 0.15) is 21.5 Å². The highest BCUT2D eigenvalue weighted by Gasteiger charge is 2.14. The predicted molar refractivity (Wildman–Crippen MR) is 90.1 cm³/mol. The van der Waals surface area contributed by atoms with Gasteiger partial charge in [0.2, 0.25) is 0 Å². The Bertz CT molecular complexity index is 787. The van der Waals surface area contributed by atoms with E-state index in [1.165, 1.54) is 11.1 Å². The minimum absolute atomic E-state index is 0.145. The summed E-state index contributed by atoms with van der Waals surface area (Å²) in [6.07, 6.45) is 1.81. The standard InChI is InChI=1S/C19H20N2O/c1-14-7-9-15(10-8-14)12-21(2)13-19(22)17-11-20-18-6-4-3-5-16(17)18/h3-11,20H,12-13H2,1-2H3. The molecule has 0 aliphatic rings. The Morgan fingerprint density at radius 1 is 1.09 bits per heavy atom. The van der Waals surface area contributed by atoms with Crippen LogP contribution in [0.25, 0.3) is 10.9 Å². The van der Waals surface area contributed by atoms with Gasteiger partial charge in [-0.25, -0.2) is 0 Å². The average Bonchev–Trinajstić information content (AvgIpc) is 2.93. The van der Waals surface area contributed by atoms with Crippen molar-refractivity contribution in [2.45, 2.75) is 13.5 Å². The van der Waals surface area contributed by atoms with Gasteiger partial charge in [0, 0.05) is 29.2 Å². The summed E-state index contributed by atoms with van der Waals surface area (Å²) in [6, 6.07) is 16.3. The van der Waals surface area contributed by atoms with Gasteiger partial charge in [0.1, 0.15) is 0 Å². The van der Waals surface area contributed by atoms with Gasteiger partial charge in [-0.3, -0.25) is 9.69 Å². The van der Waals surface area contributed by atoms with Crippen molar-refractivity contribution in [2.75, 3.05) is 13.6 Å². The van der Waals surface area contributed by atoms with Crippen LogP contribution in [0.5, 0.6) is 0 Å². The Balaban J connectivity index is 1.69. The van der Waals surface area contributed by atoms with Crippen molar-refractivity contribution in [3.63, 3.8) is 0 Å². The smallest absolute Gasteiger partial charge is 0.178 e. The molecule has 1 heterocycles. The molecule has 3 aromatic rings. The first kappa shape index (κ1) is 14.5. The van der Waals surface area contributed by atoms with Crippen LogP contribution in [0, 0.1) is 6.92 Å². The minimum Gasteiger partial charge on any atom is -0.360 e. The van der Waals surface area contributed by atoms with Crippen LogP contribution in [0.15, 0.2) is 54.7 Å². The maximum atomic E-state index is 12.5. The number of aromatic nitrogens is 1. The second-order valence-corrected chi connectivity index (χ2v) is 5.83. The van der Waals surface area contributed by atoms with Crippen molar-refractivity contribution in [3.8, 4) is 0 Å². The zero-order valence-electron chi connectivity index (χ0n) is 13.0. The SMILES string of the molecule is Cc1ccc(CN(C)CC(=O)c2c[nH]c3ccccc23)cc1. The van der Waals surface area contributed by atoms with Crippen molar-refractivity contribution in [1.29, 1.82) is 0 Å². The quantitative estimate of drug-likeness (QED) is 0.726. The van der Waals surface area contributed by atoms with E-state index in [0.29, 0.717) is 6.54 Å². The van der Waals surface area contributed by atoms with Crippen LogP contribution in [-0.2, 0) is 6.54 Å². The third-order valence-corrected chi connectivity index (χ3v) is 3.88. The Labute approximate surface area is 130 Å². The van der Waals surface area contributed by atoms with E-state index in [-0.39, 0.29) is 5.78 Å². The van der Waals surface area contributed by atoms with E-state index in [4.69, 9.17) is 0 Å². The summed E-state index contributed by atoms with van der Waals surface area (Å²) >= 11 is 0. The summed E-state index contributed by atoms with van der Waals surface area (Å²) < 4.78 is 0. The first-order valence-electron chi connectivity index (χ1n) is 7.47. The summed E-state index contributed by atoms with van der Waals surface area (Å²) in [7, 11) is 1.98. The van der Waals surface area contributed by atoms with Gasteiger partial charge in [0.25, 0.3) is 0 Å². The van der Waals surface area contributed by atoms with Gasteiger partial charge in [0.15, 0.2) is 5.78 Å². The average molecular weight is 292 g/mol. The molecule has 0 amide bonds. The molecule has 0 fully saturated rings. The number of Topliss-reactive ketones (excluding diaryl/α,β-unsaturated/α-hetero) is 1. The lowest BCUT2D eigenvalue weighted by atomic mass is 10.1. The molecule has 1 aromatic heterocycles. The molecule has 0 radical (unpaired) electrons. The monoisotopic (exact) mass is 292 g/mol. The molecule has 0 aliphatic heterocycles. The number of aromatic amines is 1. The molecule has 0 bridgehead atoms. The number of H-pyrrole nitrogens is 1. The molecular formula is C19H20N2O. The fourth-order valence-corrected chi connectivity index (χ4v) is 2.69. The molecule has 3 heteroatoms. The number of benzene rings is 2. The van der Waals surface area contributed by atoms with E-state index in [0.717, 1.165) is 23.0 Å². The summed E-state index contributed by atoms with van der Waals surface area (Å²) in [5.74, 6) is 0.145. The molecule has 112 valence electrons. The number of carbonyl (C=O) groups is 1. The Morgan fingerprint density at radius 3 is 2.59 bits per heavy atom. The lowest BCUT2D eigenvalue weighted by molar-refractivity contribution is 0.0944. The summed E-state index contributed by atoms with van der Waals surface area (Å²) in [6.45, 7) is 3.26. The number of carbonyl (C=O) groups excluding carboxylic acids is 1. The van der Waals surface area contributed by atoms with E-state index in [2.05, 4.69) is 41.1 Å². The fourth-order valence-electron chi connectivity index (χ4n) is 2.69. The number of hydrogen-bond acceptors (Lipinski definition) is 2. The van der Waals surface area contributed by atoms with Crippen molar-refractivity contribution >= 4 is 16.7 Å². The summed E-state index contributed by atoms with van der Waals surface area (Å²) in [4.78, 5) is 17.7. The van der Waals surface area contributed by atoms with Gasteiger partial charge in [-0.15, -0.1) is 0 Å². The topological polar surface area (TPSA) is 36.1 Å². The Hall–Kier alpha value is -2.39. The maximum Gasteiger partial charge on any atom is 0.178 e. The number of nitrogens with zero attached hydrogens (tertiary/aromatic N) is 1. The maximum absolute atomic E-state index is 12.5. The van der Waals surface area contributed by atoms with Crippen LogP contribution >= 0.6 is 0 Å². The lowest BCUT2D eigenvalue weighted by Crippen LogP contribution is -2.25. The minimum atomic E-state index is 0.145. The number of hydrogen-bond donors (Lipinski definition) is 1. The second-order valence-electron chi connectivity index (χ2n) is 5.83. The molecule has 0 saturated heterocycles. The molecule has 2 aromatic carbocycles. The molecule has 3 rings (SSSR count). The molecule has 1 N–H and O–H groups in total. The number of nitrogens with one attached hydrogen (secondary N) is 1. The second kappa shape index (κ2) is 6.16. The first-order chi connectivity index (χ1) is 10.6. The normalized spacial score (nSPS) is 11.2. The molecule has 0 unspecified atom stereocenters. The number of likely N-dealkylation sites (N-methyl/N-ethyl adjacent to an activating group) is 1. The third kappa shape index (κ3) is 3.10. The van der Waals surface area contributed by atoms with Crippen molar-refractivity contribution in [3.05, 3.63) is 71.4 Å². The summed E-state index contributed by atoms with van der Waals surface area (Å²) in [5, 5.41) is 0.997. The zero-order chi connectivity index (χ0) is 15.5. The van der Waals surface area contributed by atoms with E-state index in [1.807, 2.05) is 37.5 Å². The Kier molecular flexibility index (Phi) is 4.07. The van der Waals surface area contributed by atoms with Gasteiger partial charge in [-0.1, -0.05) is 48.0 Å². The number of rotatable bonds is 5. The molecule has 0 atom stereocenters. The van der Waals surface area contributed by atoms with Gasteiger partial charge in [0.05, 0.1) is 6.54 Å². The predicted octanol–water partition coefficient (Wildman–Crippen LogP) is 3.79. The largest absolute Gasteiger partial charge is 0.360 e. The van der Waals surface area contributed by atoms with Crippen LogP contribution in [0.3, 0.4) is 0 Å². The third-order valence-electron chi connectivity index (χ3n) is 3.88. The molecule has 0 spiro atoms. The van der Waals surface area contributed by atoms with E-state index in [1.54, 1.807) is 0 Å². The van der Waals surface area contributed by atoms with E-state index >= 15 is 0 Å². The first-order valence-corrected chi connectivity index (χ1v) is 7.47. The van der Waals surface area contributed by atoms with Crippen LogP contribution in [-0.4, -0.2) is 29.3 Å². The number of para-hydroxylation sites is 1. The molecule has 3 nitrogen and oxygen atoms in total. The van der Waals surface area contributed by atoms with E-state index < -0.39 is 0 Å². The number of fused-ring (bicyclic) bond motifs is 1. The van der Waals surface area contributed by atoms with Crippen LogP contribution < -0.4 is 0 Å². The van der Waals surface area contributed by atoms with Crippen molar-refractivity contribution in [2.24, 2.45) is 0 Å². The number of aryl methyl sites for hydroxylation is 1. The molecule has 0 saturated carbocycles. The van der Waals surface area contributed by atoms with Crippen LogP contribution in [0.4, 0.5) is 0 Å². The number of ketones is 1. The summed E-state index contributed by atoms with van der Waals surface area (Å²) in [5.41, 5.74) is 4.25. The van der Waals surface area contributed by atoms with E-state index in [9.17, 15) is 4.79 Å². The van der Waals surface area contributed by atoms with Crippen molar-refractivity contribution in [1.82, 2.24) is 9.88 Å². The van der Waals surface area contributed by atoms with Gasteiger partial charge < -0.3 is 4.98 Å². The lowest BCUT2D eigenvalue weighted by Gasteiger charge is -2.15. The van der Waals surface area contributed by atoms with Crippen molar-refractivity contribution < 1.29 is 4.79 Å². The highest BCUT2D eigenvalue weighted by atomic mass is 16.1. The molecule has 22 heavy (non-hydrogen) atoms. The van der Waals surface area contributed by atoms with Gasteiger partial charge in [-0.05, 0) is 25.6 Å². The van der Waals surface area contributed by atoms with Crippen LogP contribution in [0.2, 0.25) is 0 Å². The zero-order valence-corrected chi connectivity index (χ0v) is 13.0. The molecule has 0 aliphatic carbocycles. The Morgan fingerprint density at radius 2 is 1.82 bits per heavy atom. The highest BCUT2D eigenvalue weighted by molar-refractivity contribution is 6.08. The molecular weight excluding hydrogens is 272 g/mol. The van der Waals surface area contributed by atoms with Gasteiger partial charge in [-0.2, -0.15) is 0 Å². The fraction of sp³-hybridized carbons (Fsp3) is 0.211. The van der Waals surface area contributed by atoms with Gasteiger partial charge >= 0.3 is 0 Å².